The molecule has 0 aliphatic carbocycles. The van der Waals surface area contributed by atoms with Crippen molar-refractivity contribution in [2.24, 2.45) is 11.5 Å². The van der Waals surface area contributed by atoms with Crippen LogP contribution >= 0.6 is 11.6 Å². The van der Waals surface area contributed by atoms with Crippen molar-refractivity contribution in [3.63, 3.8) is 0 Å². The third-order valence-corrected chi connectivity index (χ3v) is 3.04. The molecule has 0 spiro atoms. The Balaban J connectivity index is 2.52. The second kappa shape index (κ2) is 4.87. The van der Waals surface area contributed by atoms with Crippen LogP contribution in [0, 0.1) is 6.92 Å². The first-order valence-electron chi connectivity index (χ1n) is 5.41. The van der Waals surface area contributed by atoms with Gasteiger partial charge in [-0.1, -0.05) is 29.8 Å². The smallest absolute Gasteiger partial charge is 0.137 e. The van der Waals surface area contributed by atoms with E-state index in [4.69, 9.17) is 23.1 Å². The van der Waals surface area contributed by atoms with E-state index in [0.29, 0.717) is 11.7 Å². The maximum Gasteiger partial charge on any atom is 0.137 e. The minimum atomic E-state index is -0.278. The Morgan fingerprint density at radius 3 is 2.59 bits per heavy atom. The van der Waals surface area contributed by atoms with Crippen molar-refractivity contribution in [1.29, 1.82) is 0 Å². The molecule has 2 aromatic rings. The van der Waals surface area contributed by atoms with E-state index < -0.39 is 0 Å². The average molecular weight is 251 g/mol. The van der Waals surface area contributed by atoms with Crippen LogP contribution in [0.5, 0.6) is 0 Å². The standard InChI is InChI=1S/C12H15ClN4/c1-8-11(10(15)7-14)12(13)17(16-8)9-5-3-2-4-6-9/h2-6,10H,7,14-15H2,1H3. The summed E-state index contributed by atoms with van der Waals surface area (Å²) in [5.74, 6) is 0. The molecule has 0 bridgehead atoms. The quantitative estimate of drug-likeness (QED) is 0.873. The number of hydrogen-bond acceptors (Lipinski definition) is 3. The van der Waals surface area contributed by atoms with Crippen LogP contribution in [0.1, 0.15) is 17.3 Å². The number of nitrogens with two attached hydrogens (primary N) is 2. The van der Waals surface area contributed by atoms with E-state index in [-0.39, 0.29) is 6.04 Å². The molecular weight excluding hydrogens is 236 g/mol. The fourth-order valence-electron chi connectivity index (χ4n) is 1.79. The van der Waals surface area contributed by atoms with E-state index in [2.05, 4.69) is 5.10 Å². The van der Waals surface area contributed by atoms with E-state index in [9.17, 15) is 0 Å². The van der Waals surface area contributed by atoms with Gasteiger partial charge in [0, 0.05) is 18.2 Å². The highest BCUT2D eigenvalue weighted by Crippen LogP contribution is 2.27. The van der Waals surface area contributed by atoms with Gasteiger partial charge in [0.25, 0.3) is 0 Å². The summed E-state index contributed by atoms with van der Waals surface area (Å²) in [4.78, 5) is 0. The van der Waals surface area contributed by atoms with Gasteiger partial charge in [-0.15, -0.1) is 0 Å². The second-order valence-electron chi connectivity index (χ2n) is 3.88. The highest BCUT2D eigenvalue weighted by Gasteiger charge is 2.19. The van der Waals surface area contributed by atoms with Crippen molar-refractivity contribution in [3.05, 3.63) is 46.7 Å². The number of halogens is 1. The number of hydrogen-bond donors (Lipinski definition) is 2. The first-order valence-corrected chi connectivity index (χ1v) is 5.79. The van der Waals surface area contributed by atoms with Crippen molar-refractivity contribution in [2.45, 2.75) is 13.0 Å². The van der Waals surface area contributed by atoms with Crippen molar-refractivity contribution in [2.75, 3.05) is 6.54 Å². The van der Waals surface area contributed by atoms with Crippen LogP contribution in [-0.4, -0.2) is 16.3 Å². The minimum absolute atomic E-state index is 0.278. The van der Waals surface area contributed by atoms with Crippen molar-refractivity contribution in [1.82, 2.24) is 9.78 Å². The third kappa shape index (κ3) is 2.20. The summed E-state index contributed by atoms with van der Waals surface area (Å²) < 4.78 is 1.68. The van der Waals surface area contributed by atoms with Gasteiger partial charge in [0.1, 0.15) is 5.15 Å². The molecule has 1 heterocycles. The molecule has 0 saturated carbocycles. The number of nitrogens with zero attached hydrogens (tertiary/aromatic N) is 2. The van der Waals surface area contributed by atoms with Crippen molar-refractivity contribution >= 4 is 11.6 Å². The molecule has 17 heavy (non-hydrogen) atoms. The van der Waals surface area contributed by atoms with Gasteiger partial charge in [-0.2, -0.15) is 5.10 Å². The molecule has 0 fully saturated rings. The summed E-state index contributed by atoms with van der Waals surface area (Å²) in [6.45, 7) is 2.23. The zero-order valence-corrected chi connectivity index (χ0v) is 10.4. The lowest BCUT2D eigenvalue weighted by Gasteiger charge is -2.08. The van der Waals surface area contributed by atoms with E-state index >= 15 is 0 Å². The molecule has 1 aromatic carbocycles. The normalized spacial score (nSPS) is 12.7. The lowest BCUT2D eigenvalue weighted by atomic mass is 10.1. The Kier molecular flexibility index (Phi) is 3.47. The minimum Gasteiger partial charge on any atom is -0.329 e. The van der Waals surface area contributed by atoms with Gasteiger partial charge in [-0.25, -0.2) is 4.68 Å². The molecule has 1 aromatic heterocycles. The SMILES string of the molecule is Cc1nn(-c2ccccc2)c(Cl)c1C(N)CN. The summed E-state index contributed by atoms with van der Waals surface area (Å²) in [5.41, 5.74) is 14.0. The number of aromatic nitrogens is 2. The average Bonchev–Trinajstić information content (AvgIpc) is 2.65. The lowest BCUT2D eigenvalue weighted by molar-refractivity contribution is 0.732. The van der Waals surface area contributed by atoms with Gasteiger partial charge in [-0.05, 0) is 19.1 Å². The van der Waals surface area contributed by atoms with Gasteiger partial charge in [0.15, 0.2) is 0 Å². The zero-order valence-electron chi connectivity index (χ0n) is 9.60. The van der Waals surface area contributed by atoms with E-state index in [1.165, 1.54) is 0 Å². The summed E-state index contributed by atoms with van der Waals surface area (Å²) in [6.07, 6.45) is 0. The number of aryl methyl sites for hydroxylation is 1. The second-order valence-corrected chi connectivity index (χ2v) is 4.24. The maximum atomic E-state index is 6.30. The van der Waals surface area contributed by atoms with Crippen LogP contribution in [0.25, 0.3) is 5.69 Å². The Morgan fingerprint density at radius 1 is 1.35 bits per heavy atom. The molecule has 0 aliphatic heterocycles. The Morgan fingerprint density at radius 2 is 2.00 bits per heavy atom. The molecule has 0 aliphatic rings. The molecule has 2 rings (SSSR count). The monoisotopic (exact) mass is 250 g/mol. The molecule has 0 saturated heterocycles. The molecular formula is C12H15ClN4. The predicted octanol–water partition coefficient (Wildman–Crippen LogP) is 1.79. The van der Waals surface area contributed by atoms with Gasteiger partial charge < -0.3 is 11.5 Å². The fraction of sp³-hybridized carbons (Fsp3) is 0.250. The van der Waals surface area contributed by atoms with Gasteiger partial charge in [-0.3, -0.25) is 0 Å². The van der Waals surface area contributed by atoms with Crippen molar-refractivity contribution in [3.8, 4) is 5.69 Å². The van der Waals surface area contributed by atoms with Crippen LogP contribution in [-0.2, 0) is 0 Å². The number of benzene rings is 1. The number of rotatable bonds is 3. The zero-order chi connectivity index (χ0) is 12.4. The van der Waals surface area contributed by atoms with Crippen LogP contribution in [0.4, 0.5) is 0 Å². The summed E-state index contributed by atoms with van der Waals surface area (Å²) >= 11 is 6.30. The van der Waals surface area contributed by atoms with Gasteiger partial charge >= 0.3 is 0 Å². The van der Waals surface area contributed by atoms with Gasteiger partial charge in [0.05, 0.1) is 11.4 Å². The van der Waals surface area contributed by atoms with Crippen molar-refractivity contribution < 1.29 is 0 Å². The summed E-state index contributed by atoms with van der Waals surface area (Å²) in [5, 5.41) is 4.93. The topological polar surface area (TPSA) is 69.9 Å². The molecule has 90 valence electrons. The highest BCUT2D eigenvalue weighted by atomic mass is 35.5. The fourth-order valence-corrected chi connectivity index (χ4v) is 2.20. The maximum absolute atomic E-state index is 6.30. The number of para-hydroxylation sites is 1. The highest BCUT2D eigenvalue weighted by molar-refractivity contribution is 6.30. The predicted molar refractivity (Wildman–Crippen MR) is 69.3 cm³/mol. The molecule has 1 unspecified atom stereocenters. The van der Waals surface area contributed by atoms with Crippen LogP contribution in [0.15, 0.2) is 30.3 Å². The lowest BCUT2D eigenvalue weighted by Crippen LogP contribution is -2.21. The van der Waals surface area contributed by atoms with Gasteiger partial charge in [0.2, 0.25) is 0 Å². The first kappa shape index (κ1) is 12.1. The Labute approximate surface area is 105 Å². The first-order chi connectivity index (χ1) is 8.15. The van der Waals surface area contributed by atoms with E-state index in [1.807, 2.05) is 37.3 Å². The third-order valence-electron chi connectivity index (χ3n) is 2.67. The molecule has 1 atom stereocenters. The van der Waals surface area contributed by atoms with E-state index in [0.717, 1.165) is 16.9 Å². The molecule has 4 N–H and O–H groups in total. The summed E-state index contributed by atoms with van der Waals surface area (Å²) in [7, 11) is 0. The van der Waals surface area contributed by atoms with Crippen LogP contribution in [0.3, 0.4) is 0 Å². The van der Waals surface area contributed by atoms with Crippen LogP contribution < -0.4 is 11.5 Å². The molecule has 4 nitrogen and oxygen atoms in total. The Hall–Kier alpha value is -1.36. The molecule has 0 amide bonds. The summed E-state index contributed by atoms with van der Waals surface area (Å²) in [6, 6.07) is 9.42. The molecule has 5 heteroatoms. The Bertz CT molecular complexity index is 507. The molecule has 0 radical (unpaired) electrons. The van der Waals surface area contributed by atoms with Crippen LogP contribution in [0.2, 0.25) is 5.15 Å². The largest absolute Gasteiger partial charge is 0.329 e. The van der Waals surface area contributed by atoms with E-state index in [1.54, 1.807) is 4.68 Å².